The Morgan fingerprint density at radius 3 is 2.26 bits per heavy atom. The van der Waals surface area contributed by atoms with Crippen LogP contribution in [0.1, 0.15) is 28.9 Å². The number of hydrogen-bond donors (Lipinski definition) is 1. The molecule has 0 saturated heterocycles. The molecule has 0 radical (unpaired) electrons. The van der Waals surface area contributed by atoms with E-state index in [0.717, 1.165) is 5.56 Å². The SMILES string of the molecule is COc1ccc(C(CNC(=O)c2ccccc2)OC(C)=O)cc1. The summed E-state index contributed by atoms with van der Waals surface area (Å²) in [6.45, 7) is 1.54. The zero-order valence-corrected chi connectivity index (χ0v) is 13.1. The summed E-state index contributed by atoms with van der Waals surface area (Å²) in [7, 11) is 1.58. The fourth-order valence-corrected chi connectivity index (χ4v) is 2.12. The molecule has 0 heterocycles. The van der Waals surface area contributed by atoms with Gasteiger partial charge in [0.1, 0.15) is 11.9 Å². The van der Waals surface area contributed by atoms with Crippen molar-refractivity contribution >= 4 is 11.9 Å². The Labute approximate surface area is 135 Å². The molecular formula is C18H19NO4. The Morgan fingerprint density at radius 2 is 1.70 bits per heavy atom. The average molecular weight is 313 g/mol. The lowest BCUT2D eigenvalue weighted by atomic mass is 10.1. The molecule has 0 aliphatic heterocycles. The first-order chi connectivity index (χ1) is 11.1. The molecule has 0 spiro atoms. The third-order valence-corrected chi connectivity index (χ3v) is 3.28. The van der Waals surface area contributed by atoms with Crippen molar-refractivity contribution < 1.29 is 19.1 Å². The van der Waals surface area contributed by atoms with Gasteiger partial charge in [0.15, 0.2) is 0 Å². The molecule has 1 amide bonds. The van der Waals surface area contributed by atoms with Crippen molar-refractivity contribution in [1.29, 1.82) is 0 Å². The molecule has 1 atom stereocenters. The number of hydrogen-bond acceptors (Lipinski definition) is 4. The van der Waals surface area contributed by atoms with Gasteiger partial charge in [0.2, 0.25) is 0 Å². The van der Waals surface area contributed by atoms with Gasteiger partial charge in [-0.1, -0.05) is 30.3 Å². The van der Waals surface area contributed by atoms with E-state index in [1.807, 2.05) is 6.07 Å². The zero-order valence-electron chi connectivity index (χ0n) is 13.1. The highest BCUT2D eigenvalue weighted by Gasteiger charge is 2.16. The van der Waals surface area contributed by atoms with E-state index in [4.69, 9.17) is 9.47 Å². The molecule has 120 valence electrons. The van der Waals surface area contributed by atoms with Gasteiger partial charge in [-0.05, 0) is 29.8 Å². The number of amides is 1. The molecular weight excluding hydrogens is 294 g/mol. The van der Waals surface area contributed by atoms with Crippen molar-refractivity contribution in [2.45, 2.75) is 13.0 Å². The molecule has 2 aromatic rings. The Balaban J connectivity index is 2.06. The number of benzene rings is 2. The highest BCUT2D eigenvalue weighted by molar-refractivity contribution is 5.94. The first-order valence-corrected chi connectivity index (χ1v) is 7.24. The van der Waals surface area contributed by atoms with Gasteiger partial charge in [-0.2, -0.15) is 0 Å². The van der Waals surface area contributed by atoms with E-state index in [0.29, 0.717) is 11.3 Å². The third-order valence-electron chi connectivity index (χ3n) is 3.28. The van der Waals surface area contributed by atoms with Gasteiger partial charge in [0.25, 0.3) is 5.91 Å². The summed E-state index contributed by atoms with van der Waals surface area (Å²) in [4.78, 5) is 23.4. The second-order valence-electron chi connectivity index (χ2n) is 4.95. The smallest absolute Gasteiger partial charge is 0.303 e. The Hall–Kier alpha value is -2.82. The summed E-state index contributed by atoms with van der Waals surface area (Å²) in [6, 6.07) is 16.1. The van der Waals surface area contributed by atoms with Gasteiger partial charge in [-0.3, -0.25) is 9.59 Å². The quantitative estimate of drug-likeness (QED) is 0.833. The van der Waals surface area contributed by atoms with Crippen molar-refractivity contribution in [2.75, 3.05) is 13.7 Å². The predicted molar refractivity (Wildman–Crippen MR) is 86.3 cm³/mol. The van der Waals surface area contributed by atoms with Crippen LogP contribution in [0.5, 0.6) is 5.75 Å². The molecule has 0 saturated carbocycles. The van der Waals surface area contributed by atoms with E-state index in [9.17, 15) is 9.59 Å². The second-order valence-corrected chi connectivity index (χ2v) is 4.95. The predicted octanol–water partition coefficient (Wildman–Crippen LogP) is 2.73. The van der Waals surface area contributed by atoms with Gasteiger partial charge < -0.3 is 14.8 Å². The lowest BCUT2D eigenvalue weighted by molar-refractivity contribution is -0.146. The Bertz CT molecular complexity index is 652. The minimum Gasteiger partial charge on any atom is -0.497 e. The molecule has 1 unspecified atom stereocenters. The first-order valence-electron chi connectivity index (χ1n) is 7.24. The van der Waals surface area contributed by atoms with Crippen molar-refractivity contribution in [3.63, 3.8) is 0 Å². The number of methoxy groups -OCH3 is 1. The average Bonchev–Trinajstić information content (AvgIpc) is 2.59. The van der Waals surface area contributed by atoms with Gasteiger partial charge in [0.05, 0.1) is 13.7 Å². The largest absolute Gasteiger partial charge is 0.497 e. The Morgan fingerprint density at radius 1 is 1.04 bits per heavy atom. The summed E-state index contributed by atoms with van der Waals surface area (Å²) >= 11 is 0. The topological polar surface area (TPSA) is 64.6 Å². The van der Waals surface area contributed by atoms with Crippen LogP contribution in [-0.2, 0) is 9.53 Å². The van der Waals surface area contributed by atoms with Crippen LogP contribution in [0.2, 0.25) is 0 Å². The summed E-state index contributed by atoms with van der Waals surface area (Å²) in [5.74, 6) is 0.0969. The van der Waals surface area contributed by atoms with Crippen molar-refractivity contribution in [2.24, 2.45) is 0 Å². The second kappa shape index (κ2) is 7.98. The highest BCUT2D eigenvalue weighted by atomic mass is 16.5. The summed E-state index contributed by atoms with van der Waals surface area (Å²) < 4.78 is 10.4. The maximum atomic E-state index is 12.1. The number of carbonyl (C=O) groups excluding carboxylic acids is 2. The minimum absolute atomic E-state index is 0.194. The van der Waals surface area contributed by atoms with E-state index in [2.05, 4.69) is 5.32 Å². The zero-order chi connectivity index (χ0) is 16.7. The van der Waals surface area contributed by atoms with E-state index in [1.165, 1.54) is 6.92 Å². The van der Waals surface area contributed by atoms with E-state index >= 15 is 0 Å². The number of ether oxygens (including phenoxy) is 2. The van der Waals surface area contributed by atoms with E-state index < -0.39 is 12.1 Å². The lowest BCUT2D eigenvalue weighted by Gasteiger charge is -2.18. The third kappa shape index (κ3) is 4.85. The maximum Gasteiger partial charge on any atom is 0.303 e. The monoisotopic (exact) mass is 313 g/mol. The molecule has 2 rings (SSSR count). The van der Waals surface area contributed by atoms with Crippen molar-refractivity contribution in [3.05, 3.63) is 65.7 Å². The van der Waals surface area contributed by atoms with Crippen LogP contribution in [0.15, 0.2) is 54.6 Å². The molecule has 2 aromatic carbocycles. The maximum absolute atomic E-state index is 12.1. The van der Waals surface area contributed by atoms with Crippen LogP contribution >= 0.6 is 0 Å². The van der Waals surface area contributed by atoms with Crippen LogP contribution < -0.4 is 10.1 Å². The summed E-state index contributed by atoms with van der Waals surface area (Å²) in [5, 5.41) is 2.78. The summed E-state index contributed by atoms with van der Waals surface area (Å²) in [5.41, 5.74) is 1.35. The fourth-order valence-electron chi connectivity index (χ4n) is 2.12. The molecule has 0 aliphatic rings. The van der Waals surface area contributed by atoms with Crippen LogP contribution in [0.25, 0.3) is 0 Å². The standard InChI is InChI=1S/C18H19NO4/c1-13(20)23-17(14-8-10-16(22-2)11-9-14)12-19-18(21)15-6-4-3-5-7-15/h3-11,17H,12H2,1-2H3,(H,19,21). The normalized spacial score (nSPS) is 11.4. The van der Waals surface area contributed by atoms with Crippen LogP contribution in [0.3, 0.4) is 0 Å². The van der Waals surface area contributed by atoms with Crippen LogP contribution in [0.4, 0.5) is 0 Å². The molecule has 0 aliphatic carbocycles. The van der Waals surface area contributed by atoms with E-state index in [1.54, 1.807) is 55.6 Å². The van der Waals surface area contributed by atoms with Crippen molar-refractivity contribution in [3.8, 4) is 5.75 Å². The molecule has 1 N–H and O–H groups in total. The van der Waals surface area contributed by atoms with Crippen LogP contribution in [-0.4, -0.2) is 25.5 Å². The molecule has 23 heavy (non-hydrogen) atoms. The summed E-state index contributed by atoms with van der Waals surface area (Å²) in [6.07, 6.45) is -0.550. The van der Waals surface area contributed by atoms with Gasteiger partial charge in [0, 0.05) is 12.5 Å². The molecule has 5 nitrogen and oxygen atoms in total. The first kappa shape index (κ1) is 16.5. The number of carbonyl (C=O) groups is 2. The molecule has 0 bridgehead atoms. The number of esters is 1. The number of rotatable bonds is 6. The fraction of sp³-hybridized carbons (Fsp3) is 0.222. The highest BCUT2D eigenvalue weighted by Crippen LogP contribution is 2.20. The number of nitrogens with one attached hydrogen (secondary N) is 1. The van der Waals surface area contributed by atoms with Crippen LogP contribution in [0, 0.1) is 0 Å². The molecule has 0 fully saturated rings. The lowest BCUT2D eigenvalue weighted by Crippen LogP contribution is -2.30. The van der Waals surface area contributed by atoms with Gasteiger partial charge in [-0.25, -0.2) is 0 Å². The van der Waals surface area contributed by atoms with Crippen molar-refractivity contribution in [1.82, 2.24) is 5.32 Å². The molecule has 5 heteroatoms. The van der Waals surface area contributed by atoms with E-state index in [-0.39, 0.29) is 12.5 Å². The Kier molecular flexibility index (Phi) is 5.74. The molecule has 0 aromatic heterocycles. The van der Waals surface area contributed by atoms with Gasteiger partial charge >= 0.3 is 5.97 Å². The minimum atomic E-state index is -0.550. The van der Waals surface area contributed by atoms with Gasteiger partial charge in [-0.15, -0.1) is 0 Å².